The summed E-state index contributed by atoms with van der Waals surface area (Å²) in [6.45, 7) is 7.04. The number of aliphatic hydroxyl groups is 1. The third kappa shape index (κ3) is 4.94. The highest BCUT2D eigenvalue weighted by Gasteiger charge is 2.26. The summed E-state index contributed by atoms with van der Waals surface area (Å²) in [5.41, 5.74) is 0. The Hall–Kier alpha value is -0.120. The van der Waals surface area contributed by atoms with Crippen molar-refractivity contribution in [3.63, 3.8) is 0 Å². The summed E-state index contributed by atoms with van der Waals surface area (Å²) in [6, 6.07) is 1.28. The molecule has 3 heteroatoms. The van der Waals surface area contributed by atoms with Gasteiger partial charge in [-0.3, -0.25) is 0 Å². The lowest BCUT2D eigenvalue weighted by Gasteiger charge is -2.37. The van der Waals surface area contributed by atoms with Crippen molar-refractivity contribution in [3.8, 4) is 0 Å². The quantitative estimate of drug-likeness (QED) is 0.715. The zero-order valence-electron chi connectivity index (χ0n) is 11.8. The summed E-state index contributed by atoms with van der Waals surface area (Å²) in [4.78, 5) is 2.52. The number of nitrogens with one attached hydrogen (secondary N) is 1. The molecule has 102 valence electrons. The Morgan fingerprint density at radius 2 is 2.00 bits per heavy atom. The van der Waals surface area contributed by atoms with Crippen LogP contribution < -0.4 is 5.32 Å². The van der Waals surface area contributed by atoms with E-state index in [0.717, 1.165) is 18.9 Å². The summed E-state index contributed by atoms with van der Waals surface area (Å²) in [6.07, 6.45) is 6.34. The van der Waals surface area contributed by atoms with Gasteiger partial charge in [0.05, 0.1) is 0 Å². The van der Waals surface area contributed by atoms with Gasteiger partial charge < -0.3 is 15.3 Å². The monoisotopic (exact) mass is 242 g/mol. The molecule has 1 saturated carbocycles. The van der Waals surface area contributed by atoms with E-state index in [4.69, 9.17) is 5.11 Å². The van der Waals surface area contributed by atoms with Gasteiger partial charge in [0.1, 0.15) is 0 Å². The lowest BCUT2D eigenvalue weighted by atomic mass is 9.84. The van der Waals surface area contributed by atoms with Gasteiger partial charge in [-0.05, 0) is 46.1 Å². The molecule has 1 aliphatic carbocycles. The second-order valence-corrected chi connectivity index (χ2v) is 5.61. The van der Waals surface area contributed by atoms with Crippen LogP contribution in [0.3, 0.4) is 0 Å². The van der Waals surface area contributed by atoms with Gasteiger partial charge in [-0.25, -0.2) is 0 Å². The number of hydrogen-bond donors (Lipinski definition) is 2. The summed E-state index contributed by atoms with van der Waals surface area (Å²) in [7, 11) is 2.09. The van der Waals surface area contributed by atoms with Crippen LogP contribution in [0.2, 0.25) is 0 Å². The van der Waals surface area contributed by atoms with Gasteiger partial charge in [0.25, 0.3) is 0 Å². The Morgan fingerprint density at radius 1 is 1.29 bits per heavy atom. The van der Waals surface area contributed by atoms with E-state index in [1.165, 1.54) is 32.2 Å². The minimum absolute atomic E-state index is 0.309. The van der Waals surface area contributed by atoms with Crippen molar-refractivity contribution in [2.24, 2.45) is 5.92 Å². The maximum absolute atomic E-state index is 8.96. The zero-order chi connectivity index (χ0) is 12.7. The SMILES string of the molecule is CNC1CCCCC1CN(CCCO)C(C)C. The van der Waals surface area contributed by atoms with Crippen LogP contribution in [0.1, 0.15) is 46.0 Å². The van der Waals surface area contributed by atoms with E-state index in [1.807, 2.05) is 0 Å². The van der Waals surface area contributed by atoms with Crippen molar-refractivity contribution in [3.05, 3.63) is 0 Å². The first-order valence-corrected chi connectivity index (χ1v) is 7.21. The van der Waals surface area contributed by atoms with Gasteiger partial charge in [-0.1, -0.05) is 12.8 Å². The van der Waals surface area contributed by atoms with Crippen molar-refractivity contribution >= 4 is 0 Å². The molecule has 3 nitrogen and oxygen atoms in total. The van der Waals surface area contributed by atoms with Crippen LogP contribution in [0.4, 0.5) is 0 Å². The van der Waals surface area contributed by atoms with E-state index >= 15 is 0 Å². The van der Waals surface area contributed by atoms with Gasteiger partial charge in [0, 0.05) is 31.8 Å². The predicted octanol–water partition coefficient (Wildman–Crippen LogP) is 1.86. The van der Waals surface area contributed by atoms with Crippen LogP contribution in [0.15, 0.2) is 0 Å². The molecule has 0 aromatic heterocycles. The van der Waals surface area contributed by atoms with Gasteiger partial charge in [0.15, 0.2) is 0 Å². The average Bonchev–Trinajstić information content (AvgIpc) is 2.34. The molecule has 0 radical (unpaired) electrons. The molecule has 2 N–H and O–H groups in total. The third-order valence-electron chi connectivity index (χ3n) is 4.08. The molecule has 0 saturated heterocycles. The van der Waals surface area contributed by atoms with Crippen LogP contribution in [-0.4, -0.2) is 48.8 Å². The van der Waals surface area contributed by atoms with Crippen LogP contribution in [0, 0.1) is 5.92 Å². The molecule has 0 aromatic carbocycles. The second-order valence-electron chi connectivity index (χ2n) is 5.61. The molecule has 0 amide bonds. The number of aliphatic hydroxyl groups excluding tert-OH is 1. The van der Waals surface area contributed by atoms with Gasteiger partial charge in [-0.2, -0.15) is 0 Å². The first kappa shape index (κ1) is 14.9. The maximum Gasteiger partial charge on any atom is 0.0443 e. The predicted molar refractivity (Wildman–Crippen MR) is 73.2 cm³/mol. The first-order chi connectivity index (χ1) is 8.19. The highest BCUT2D eigenvalue weighted by molar-refractivity contribution is 4.83. The van der Waals surface area contributed by atoms with Gasteiger partial charge in [0.2, 0.25) is 0 Å². The zero-order valence-corrected chi connectivity index (χ0v) is 11.8. The molecule has 1 aliphatic rings. The Balaban J connectivity index is 2.45. The van der Waals surface area contributed by atoms with E-state index in [0.29, 0.717) is 18.7 Å². The molecular weight excluding hydrogens is 212 g/mol. The summed E-state index contributed by atoms with van der Waals surface area (Å²) < 4.78 is 0. The summed E-state index contributed by atoms with van der Waals surface area (Å²) in [5, 5.41) is 12.4. The van der Waals surface area contributed by atoms with Crippen LogP contribution in [-0.2, 0) is 0 Å². The number of hydrogen-bond acceptors (Lipinski definition) is 3. The third-order valence-corrected chi connectivity index (χ3v) is 4.08. The normalized spacial score (nSPS) is 25.8. The highest BCUT2D eigenvalue weighted by Crippen LogP contribution is 2.25. The van der Waals surface area contributed by atoms with E-state index < -0.39 is 0 Å². The molecule has 0 spiro atoms. The fourth-order valence-corrected chi connectivity index (χ4v) is 2.94. The number of nitrogens with zero attached hydrogens (tertiary/aromatic N) is 1. The molecule has 0 heterocycles. The van der Waals surface area contributed by atoms with Crippen molar-refractivity contribution < 1.29 is 5.11 Å². The van der Waals surface area contributed by atoms with E-state index in [9.17, 15) is 0 Å². The minimum atomic E-state index is 0.309. The van der Waals surface area contributed by atoms with Crippen molar-refractivity contribution in [2.45, 2.75) is 58.0 Å². The first-order valence-electron chi connectivity index (χ1n) is 7.21. The Labute approximate surface area is 107 Å². The summed E-state index contributed by atoms with van der Waals surface area (Å²) in [5.74, 6) is 0.787. The largest absolute Gasteiger partial charge is 0.396 e. The molecule has 1 fully saturated rings. The number of rotatable bonds is 7. The Bertz CT molecular complexity index is 197. The maximum atomic E-state index is 8.96. The van der Waals surface area contributed by atoms with E-state index in [-0.39, 0.29) is 0 Å². The fourth-order valence-electron chi connectivity index (χ4n) is 2.94. The molecular formula is C14H30N2O. The molecule has 2 atom stereocenters. The lowest BCUT2D eigenvalue weighted by molar-refractivity contribution is 0.134. The lowest BCUT2D eigenvalue weighted by Crippen LogP contribution is -2.45. The Kier molecular flexibility index (Phi) is 7.09. The molecule has 17 heavy (non-hydrogen) atoms. The van der Waals surface area contributed by atoms with Gasteiger partial charge in [-0.15, -0.1) is 0 Å². The molecule has 0 aliphatic heterocycles. The molecule has 0 bridgehead atoms. The van der Waals surface area contributed by atoms with Crippen LogP contribution in [0.5, 0.6) is 0 Å². The topological polar surface area (TPSA) is 35.5 Å². The van der Waals surface area contributed by atoms with Crippen molar-refractivity contribution in [1.29, 1.82) is 0 Å². The highest BCUT2D eigenvalue weighted by atomic mass is 16.3. The van der Waals surface area contributed by atoms with Crippen LogP contribution >= 0.6 is 0 Å². The van der Waals surface area contributed by atoms with E-state index in [1.54, 1.807) is 0 Å². The fraction of sp³-hybridized carbons (Fsp3) is 1.00. The molecule has 0 aromatic rings. The van der Waals surface area contributed by atoms with Crippen molar-refractivity contribution in [2.75, 3.05) is 26.7 Å². The standard InChI is InChI=1S/C14H30N2O/c1-12(2)16(9-6-10-17)11-13-7-4-5-8-14(13)15-3/h12-15,17H,4-11H2,1-3H3. The second kappa shape index (κ2) is 8.06. The van der Waals surface area contributed by atoms with E-state index in [2.05, 4.69) is 31.1 Å². The summed E-state index contributed by atoms with van der Waals surface area (Å²) >= 11 is 0. The Morgan fingerprint density at radius 3 is 2.59 bits per heavy atom. The van der Waals surface area contributed by atoms with Crippen LogP contribution in [0.25, 0.3) is 0 Å². The smallest absolute Gasteiger partial charge is 0.0443 e. The van der Waals surface area contributed by atoms with Crippen molar-refractivity contribution in [1.82, 2.24) is 10.2 Å². The molecule has 1 rings (SSSR count). The van der Waals surface area contributed by atoms with Gasteiger partial charge >= 0.3 is 0 Å². The minimum Gasteiger partial charge on any atom is -0.396 e. The molecule has 2 unspecified atom stereocenters. The average molecular weight is 242 g/mol.